The number of ether oxygens (including phenoxy) is 1. The van der Waals surface area contributed by atoms with E-state index in [1.807, 2.05) is 20.9 Å². The van der Waals surface area contributed by atoms with Crippen LogP contribution in [-0.2, 0) is 41.6 Å². The topological polar surface area (TPSA) is 84.7 Å². The summed E-state index contributed by atoms with van der Waals surface area (Å²) in [5.74, 6) is -1.07. The summed E-state index contributed by atoms with van der Waals surface area (Å²) in [5.41, 5.74) is -2.51. The molecule has 35 heavy (non-hydrogen) atoms. The molecule has 0 saturated carbocycles. The fourth-order valence-electron chi connectivity index (χ4n) is 3.01. The molecule has 0 atom stereocenters. The SMILES string of the molecule is CC.CN1CCCn2nc(C(=O)O)c(Cl)c2C1.O=COCc1cc(C(F)(F)F)cc(C(F)(F)F)c1. The molecule has 1 N–H and O–H groups in total. The highest BCUT2D eigenvalue weighted by molar-refractivity contribution is 6.33. The molecule has 0 radical (unpaired) electrons. The van der Waals surface area contributed by atoms with Crippen LogP contribution in [0, 0.1) is 0 Å². The highest BCUT2D eigenvalue weighted by Crippen LogP contribution is 2.36. The molecule has 3 rings (SSSR count). The summed E-state index contributed by atoms with van der Waals surface area (Å²) in [6, 6.07) is 1.00. The molecule has 0 bridgehead atoms. The molecule has 1 aromatic heterocycles. The number of aromatic nitrogens is 2. The van der Waals surface area contributed by atoms with Gasteiger partial charge in [0.05, 0.1) is 21.8 Å². The molecule has 0 spiro atoms. The van der Waals surface area contributed by atoms with E-state index in [9.17, 15) is 35.9 Å². The molecular weight excluding hydrogens is 508 g/mol. The molecule has 0 saturated heterocycles. The number of benzene rings is 1. The molecule has 0 unspecified atom stereocenters. The number of aromatic carboxylic acids is 1. The Morgan fingerprint density at radius 2 is 1.66 bits per heavy atom. The Bertz CT molecular complexity index is 976. The zero-order chi connectivity index (χ0) is 27.0. The Hall–Kier alpha value is -2.80. The number of fused-ring (bicyclic) bond motifs is 1. The van der Waals surface area contributed by atoms with Crippen molar-refractivity contribution in [1.29, 1.82) is 0 Å². The van der Waals surface area contributed by atoms with E-state index in [2.05, 4.69) is 14.7 Å². The Morgan fingerprint density at radius 1 is 1.11 bits per heavy atom. The minimum atomic E-state index is -4.91. The van der Waals surface area contributed by atoms with Crippen LogP contribution in [0.2, 0.25) is 5.02 Å². The molecule has 14 heteroatoms. The quantitative estimate of drug-likeness (QED) is 0.415. The van der Waals surface area contributed by atoms with Gasteiger partial charge in [0, 0.05) is 19.6 Å². The van der Waals surface area contributed by atoms with E-state index in [1.165, 1.54) is 0 Å². The van der Waals surface area contributed by atoms with E-state index >= 15 is 0 Å². The number of carboxylic acids is 1. The molecule has 1 aliphatic rings. The van der Waals surface area contributed by atoms with Crippen molar-refractivity contribution in [3.8, 4) is 0 Å². The molecule has 2 aromatic rings. The molecule has 0 amide bonds. The van der Waals surface area contributed by atoms with Crippen LogP contribution in [0.3, 0.4) is 0 Å². The van der Waals surface area contributed by atoms with Crippen LogP contribution in [0.4, 0.5) is 26.3 Å². The van der Waals surface area contributed by atoms with Gasteiger partial charge in [0.25, 0.3) is 6.47 Å². The maximum absolute atomic E-state index is 12.4. The van der Waals surface area contributed by atoms with Crippen molar-refractivity contribution in [2.75, 3.05) is 13.6 Å². The molecule has 0 fully saturated rings. The third kappa shape index (κ3) is 8.73. The molecule has 1 aliphatic heterocycles. The second kappa shape index (κ2) is 12.8. The zero-order valence-electron chi connectivity index (χ0n) is 19.0. The molecule has 2 heterocycles. The fraction of sp³-hybridized carbons (Fsp3) is 0.476. The van der Waals surface area contributed by atoms with Crippen LogP contribution < -0.4 is 0 Å². The van der Waals surface area contributed by atoms with E-state index in [0.717, 1.165) is 25.2 Å². The maximum atomic E-state index is 12.4. The molecular formula is C21H24ClF6N3O4. The summed E-state index contributed by atoms with van der Waals surface area (Å²) in [6.07, 6.45) is -8.85. The average Bonchev–Trinajstić information content (AvgIpc) is 2.96. The average molecular weight is 532 g/mol. The third-order valence-corrected chi connectivity index (χ3v) is 4.89. The van der Waals surface area contributed by atoms with Gasteiger partial charge in [-0.15, -0.1) is 0 Å². The van der Waals surface area contributed by atoms with E-state index < -0.39 is 36.1 Å². The van der Waals surface area contributed by atoms with Gasteiger partial charge >= 0.3 is 18.3 Å². The summed E-state index contributed by atoms with van der Waals surface area (Å²) in [6.45, 7) is 5.64. The number of alkyl halides is 6. The van der Waals surface area contributed by atoms with Gasteiger partial charge in [-0.2, -0.15) is 31.4 Å². The lowest BCUT2D eigenvalue weighted by Gasteiger charge is -2.13. The van der Waals surface area contributed by atoms with Crippen LogP contribution in [-0.4, -0.2) is 45.8 Å². The molecule has 196 valence electrons. The Labute approximate surface area is 202 Å². The van der Waals surface area contributed by atoms with Crippen LogP contribution in [0.1, 0.15) is 53.1 Å². The number of hydrogen-bond acceptors (Lipinski definition) is 5. The summed E-state index contributed by atoms with van der Waals surface area (Å²) in [7, 11) is 1.99. The minimum Gasteiger partial charge on any atom is -0.476 e. The summed E-state index contributed by atoms with van der Waals surface area (Å²) >= 11 is 5.98. The number of carbonyl (C=O) groups is 2. The lowest BCUT2D eigenvalue weighted by molar-refractivity contribution is -0.143. The van der Waals surface area contributed by atoms with Crippen molar-refractivity contribution < 1.29 is 45.8 Å². The van der Waals surface area contributed by atoms with Gasteiger partial charge in [-0.3, -0.25) is 9.48 Å². The first-order chi connectivity index (χ1) is 16.2. The van der Waals surface area contributed by atoms with Gasteiger partial charge in [0.2, 0.25) is 0 Å². The second-order valence-electron chi connectivity index (χ2n) is 7.05. The molecule has 1 aromatic carbocycles. The first-order valence-corrected chi connectivity index (χ1v) is 10.6. The highest BCUT2D eigenvalue weighted by Gasteiger charge is 2.36. The minimum absolute atomic E-state index is 0.00438. The lowest BCUT2D eigenvalue weighted by atomic mass is 10.1. The largest absolute Gasteiger partial charge is 0.476 e. The maximum Gasteiger partial charge on any atom is 0.416 e. The van der Waals surface area contributed by atoms with Crippen LogP contribution in [0.25, 0.3) is 0 Å². The van der Waals surface area contributed by atoms with Gasteiger partial charge < -0.3 is 14.7 Å². The number of halogens is 7. The second-order valence-corrected chi connectivity index (χ2v) is 7.43. The Kier molecular flexibility index (Phi) is 11.0. The van der Waals surface area contributed by atoms with E-state index in [-0.39, 0.29) is 28.8 Å². The van der Waals surface area contributed by atoms with Gasteiger partial charge in [-0.05, 0) is 37.2 Å². The smallest absolute Gasteiger partial charge is 0.416 e. The van der Waals surface area contributed by atoms with E-state index in [0.29, 0.717) is 18.7 Å². The van der Waals surface area contributed by atoms with Gasteiger partial charge in [0.15, 0.2) is 5.69 Å². The standard InChI is InChI=1S/C10H6F6O2.C9H12ClN3O2.C2H6/c11-9(12,13)7-1-6(4-18-5-17)2-8(3-7)10(14,15)16;1-12-3-2-4-13-6(5-12)7(10)8(11-13)9(14)15;1-2/h1-3,5H,4H2;2-5H2,1H3,(H,14,15);1-2H3. The molecule has 7 nitrogen and oxygen atoms in total. The lowest BCUT2D eigenvalue weighted by Crippen LogP contribution is -2.17. The predicted molar refractivity (Wildman–Crippen MR) is 114 cm³/mol. The van der Waals surface area contributed by atoms with Crippen molar-refractivity contribution in [2.24, 2.45) is 0 Å². The van der Waals surface area contributed by atoms with Crippen molar-refractivity contribution in [3.05, 3.63) is 51.3 Å². The van der Waals surface area contributed by atoms with E-state index in [1.54, 1.807) is 4.68 Å². The van der Waals surface area contributed by atoms with Gasteiger partial charge in [-0.25, -0.2) is 4.79 Å². The fourth-order valence-corrected chi connectivity index (χ4v) is 3.28. The van der Waals surface area contributed by atoms with Crippen LogP contribution in [0.15, 0.2) is 18.2 Å². The summed E-state index contributed by atoms with van der Waals surface area (Å²) in [4.78, 5) is 22.8. The number of carbonyl (C=O) groups excluding carboxylic acids is 1. The van der Waals surface area contributed by atoms with Crippen LogP contribution >= 0.6 is 11.6 Å². The third-order valence-electron chi connectivity index (χ3n) is 4.49. The Morgan fingerprint density at radius 3 is 2.11 bits per heavy atom. The van der Waals surface area contributed by atoms with Crippen LogP contribution in [0.5, 0.6) is 0 Å². The number of nitrogens with zero attached hydrogens (tertiary/aromatic N) is 3. The molecule has 0 aliphatic carbocycles. The first-order valence-electron chi connectivity index (χ1n) is 10.2. The predicted octanol–water partition coefficient (Wildman–Crippen LogP) is 5.49. The van der Waals surface area contributed by atoms with Gasteiger partial charge in [-0.1, -0.05) is 25.4 Å². The monoisotopic (exact) mass is 531 g/mol. The highest BCUT2D eigenvalue weighted by atomic mass is 35.5. The number of hydrogen-bond donors (Lipinski definition) is 1. The summed E-state index contributed by atoms with van der Waals surface area (Å²) < 4.78 is 80.1. The summed E-state index contributed by atoms with van der Waals surface area (Å²) in [5, 5.41) is 13.2. The van der Waals surface area contributed by atoms with E-state index in [4.69, 9.17) is 16.7 Å². The van der Waals surface area contributed by atoms with Crippen molar-refractivity contribution in [3.63, 3.8) is 0 Å². The normalized spacial score (nSPS) is 13.9. The first kappa shape index (κ1) is 30.2. The number of carboxylic acid groups (broad SMARTS) is 1. The Balaban J connectivity index is 0.000000331. The van der Waals surface area contributed by atoms with Crippen molar-refractivity contribution >= 4 is 24.0 Å². The van der Waals surface area contributed by atoms with Crippen molar-refractivity contribution in [2.45, 2.75) is 52.3 Å². The van der Waals surface area contributed by atoms with Gasteiger partial charge in [0.1, 0.15) is 6.61 Å². The zero-order valence-corrected chi connectivity index (χ0v) is 19.8. The number of rotatable bonds is 4. The number of aryl methyl sites for hydroxylation is 1. The van der Waals surface area contributed by atoms with Crippen molar-refractivity contribution in [1.82, 2.24) is 14.7 Å².